The first kappa shape index (κ1) is 17.0. The van der Waals surface area contributed by atoms with Crippen LogP contribution in [-0.2, 0) is 6.61 Å². The number of fused-ring (bicyclic) bond motifs is 1. The molecule has 0 saturated carbocycles. The minimum atomic E-state index is -0.313. The van der Waals surface area contributed by atoms with Crippen LogP contribution in [0.3, 0.4) is 0 Å². The molecule has 4 rings (SSSR count). The summed E-state index contributed by atoms with van der Waals surface area (Å²) < 4.78 is 25.6. The highest BCUT2D eigenvalue weighted by Crippen LogP contribution is 2.27. The molecule has 4 aromatic rings. The van der Waals surface area contributed by atoms with Crippen molar-refractivity contribution < 1.29 is 13.9 Å². The Morgan fingerprint density at radius 3 is 2.44 bits per heavy atom. The molecule has 0 atom stereocenters. The number of benzene rings is 2. The zero-order chi connectivity index (χ0) is 18.6. The molecule has 0 spiro atoms. The molecular formula is C19H13FN4O2S. The van der Waals surface area contributed by atoms with Crippen molar-refractivity contribution in [1.29, 1.82) is 0 Å². The fourth-order valence-electron chi connectivity index (χ4n) is 2.36. The lowest BCUT2D eigenvalue weighted by molar-refractivity contribution is 0.292. The molecule has 0 aliphatic heterocycles. The molecule has 0 bridgehead atoms. The van der Waals surface area contributed by atoms with Crippen LogP contribution >= 0.6 is 11.3 Å². The van der Waals surface area contributed by atoms with Crippen LogP contribution in [0.2, 0.25) is 0 Å². The monoisotopic (exact) mass is 380 g/mol. The van der Waals surface area contributed by atoms with Gasteiger partial charge in [0.1, 0.15) is 35.5 Å². The summed E-state index contributed by atoms with van der Waals surface area (Å²) in [5.41, 5.74) is 0.934. The first-order valence-electron chi connectivity index (χ1n) is 7.99. The Morgan fingerprint density at radius 2 is 1.70 bits per heavy atom. The maximum Gasteiger partial charge on any atom is 0.235 e. The van der Waals surface area contributed by atoms with E-state index in [2.05, 4.69) is 21.2 Å². The molecule has 27 heavy (non-hydrogen) atoms. The van der Waals surface area contributed by atoms with Crippen molar-refractivity contribution in [3.8, 4) is 34.4 Å². The molecule has 2 heterocycles. The highest BCUT2D eigenvalue weighted by molar-refractivity contribution is 7.19. The molecule has 2 aromatic carbocycles. The third kappa shape index (κ3) is 3.73. The van der Waals surface area contributed by atoms with Gasteiger partial charge in [0.15, 0.2) is 5.82 Å². The van der Waals surface area contributed by atoms with Crippen LogP contribution in [-0.4, -0.2) is 26.4 Å². The van der Waals surface area contributed by atoms with Crippen molar-refractivity contribution in [1.82, 2.24) is 19.8 Å². The summed E-state index contributed by atoms with van der Waals surface area (Å²) in [5, 5.41) is 13.6. The van der Waals surface area contributed by atoms with Gasteiger partial charge in [-0.3, -0.25) is 0 Å². The van der Waals surface area contributed by atoms with E-state index in [1.54, 1.807) is 16.6 Å². The van der Waals surface area contributed by atoms with Gasteiger partial charge in [-0.25, -0.2) is 4.39 Å². The Hall–Kier alpha value is -3.44. The lowest BCUT2D eigenvalue weighted by Gasteiger charge is -2.03. The Morgan fingerprint density at radius 1 is 1.00 bits per heavy atom. The summed E-state index contributed by atoms with van der Waals surface area (Å²) in [6.07, 6.45) is 5.19. The minimum Gasteiger partial charge on any atom is -0.486 e. The van der Waals surface area contributed by atoms with E-state index in [4.69, 9.17) is 15.9 Å². The summed E-state index contributed by atoms with van der Waals surface area (Å²) in [7, 11) is 0. The number of hydrogen-bond acceptors (Lipinski definition) is 6. The predicted molar refractivity (Wildman–Crippen MR) is 99.2 cm³/mol. The summed E-state index contributed by atoms with van der Waals surface area (Å²) in [6.45, 7) is 0.405. The van der Waals surface area contributed by atoms with Gasteiger partial charge in [-0.15, -0.1) is 16.6 Å². The molecule has 8 heteroatoms. The normalized spacial score (nSPS) is 10.7. The second-order valence-corrected chi connectivity index (χ2v) is 6.43. The van der Waals surface area contributed by atoms with Gasteiger partial charge in [0.25, 0.3) is 0 Å². The number of halogens is 1. The molecule has 134 valence electrons. The Kier molecular flexibility index (Phi) is 4.68. The summed E-state index contributed by atoms with van der Waals surface area (Å²) >= 11 is 1.42. The first-order chi connectivity index (χ1) is 13.2. The van der Waals surface area contributed by atoms with Crippen LogP contribution in [0.1, 0.15) is 5.82 Å². The number of aromatic nitrogens is 4. The Labute approximate surface area is 158 Å². The van der Waals surface area contributed by atoms with Gasteiger partial charge < -0.3 is 9.47 Å². The average Bonchev–Trinajstić information content (AvgIpc) is 3.27. The van der Waals surface area contributed by atoms with Crippen LogP contribution in [0.4, 0.5) is 4.39 Å². The van der Waals surface area contributed by atoms with Gasteiger partial charge in [-0.05, 0) is 48.5 Å². The van der Waals surface area contributed by atoms with Gasteiger partial charge in [-0.2, -0.15) is 9.61 Å². The molecule has 0 radical (unpaired) electrons. The predicted octanol–water partition coefficient (Wildman–Crippen LogP) is 3.58. The highest BCUT2D eigenvalue weighted by atomic mass is 32.1. The largest absolute Gasteiger partial charge is 0.486 e. The van der Waals surface area contributed by atoms with Gasteiger partial charge in [0.2, 0.25) is 4.96 Å². The van der Waals surface area contributed by atoms with Crippen molar-refractivity contribution in [3.05, 3.63) is 60.2 Å². The maximum absolute atomic E-state index is 13.0. The summed E-state index contributed by atoms with van der Waals surface area (Å²) in [4.78, 5) is 0.662. The van der Waals surface area contributed by atoms with E-state index in [9.17, 15) is 4.39 Å². The average molecular weight is 380 g/mol. The first-order valence-corrected chi connectivity index (χ1v) is 8.81. The van der Waals surface area contributed by atoms with E-state index in [-0.39, 0.29) is 19.0 Å². The lowest BCUT2D eigenvalue weighted by atomic mass is 10.2. The zero-order valence-corrected chi connectivity index (χ0v) is 14.8. The topological polar surface area (TPSA) is 61.5 Å². The Bertz CT molecular complexity index is 1100. The SMILES string of the molecule is C#CCOc1ccc(-c2nn3c(COc4ccc(F)cc4)nnc3s2)cc1. The third-order valence-electron chi connectivity index (χ3n) is 3.66. The van der Waals surface area contributed by atoms with Crippen LogP contribution < -0.4 is 9.47 Å². The molecule has 2 aromatic heterocycles. The van der Waals surface area contributed by atoms with Crippen LogP contribution in [0.15, 0.2) is 48.5 Å². The summed E-state index contributed by atoms with van der Waals surface area (Å²) in [5.74, 6) is 3.93. The Balaban J connectivity index is 1.51. The minimum absolute atomic E-state index is 0.175. The smallest absolute Gasteiger partial charge is 0.235 e. The lowest BCUT2D eigenvalue weighted by Crippen LogP contribution is -2.02. The van der Waals surface area contributed by atoms with Gasteiger partial charge in [0.05, 0.1) is 0 Å². The van der Waals surface area contributed by atoms with Crippen LogP contribution in [0.25, 0.3) is 15.5 Å². The van der Waals surface area contributed by atoms with E-state index >= 15 is 0 Å². The second-order valence-electron chi connectivity index (χ2n) is 5.48. The summed E-state index contributed by atoms with van der Waals surface area (Å²) in [6, 6.07) is 13.3. The van der Waals surface area contributed by atoms with Gasteiger partial charge in [0, 0.05) is 5.56 Å². The zero-order valence-electron chi connectivity index (χ0n) is 14.0. The van der Waals surface area contributed by atoms with Crippen molar-refractivity contribution in [2.75, 3.05) is 6.61 Å². The number of nitrogens with zero attached hydrogens (tertiary/aromatic N) is 4. The molecule has 0 N–H and O–H groups in total. The maximum atomic E-state index is 13.0. The molecule has 0 amide bonds. The molecule has 0 aliphatic carbocycles. The van der Waals surface area contributed by atoms with Gasteiger partial charge in [-0.1, -0.05) is 17.3 Å². The fraction of sp³-hybridized carbons (Fsp3) is 0.105. The van der Waals surface area contributed by atoms with Crippen molar-refractivity contribution in [2.45, 2.75) is 6.61 Å². The van der Waals surface area contributed by atoms with Crippen molar-refractivity contribution in [2.24, 2.45) is 0 Å². The van der Waals surface area contributed by atoms with E-state index in [1.807, 2.05) is 24.3 Å². The number of rotatable bonds is 6. The molecular weight excluding hydrogens is 367 g/mol. The fourth-order valence-corrected chi connectivity index (χ4v) is 3.23. The molecule has 6 nitrogen and oxygen atoms in total. The molecule has 0 saturated heterocycles. The van der Waals surface area contributed by atoms with E-state index in [1.165, 1.54) is 23.5 Å². The molecule has 0 aliphatic rings. The quantitative estimate of drug-likeness (QED) is 0.479. The standard InChI is InChI=1S/C19H13FN4O2S/c1-2-11-25-15-7-3-13(4-8-15)18-23-24-17(21-22-19(24)27-18)12-26-16-9-5-14(20)6-10-16/h1,3-10H,11-12H2. The number of ether oxygens (including phenoxy) is 2. The van der Waals surface area contributed by atoms with E-state index in [0.717, 1.165) is 10.6 Å². The molecule has 0 unspecified atom stereocenters. The van der Waals surface area contributed by atoms with Crippen LogP contribution in [0.5, 0.6) is 11.5 Å². The van der Waals surface area contributed by atoms with Crippen molar-refractivity contribution in [3.63, 3.8) is 0 Å². The third-order valence-corrected chi connectivity index (χ3v) is 4.61. The second kappa shape index (κ2) is 7.43. The van der Waals surface area contributed by atoms with E-state index in [0.29, 0.717) is 22.3 Å². The van der Waals surface area contributed by atoms with Crippen LogP contribution in [0, 0.1) is 18.2 Å². The van der Waals surface area contributed by atoms with Crippen molar-refractivity contribution >= 4 is 16.3 Å². The van der Waals surface area contributed by atoms with Gasteiger partial charge >= 0.3 is 0 Å². The van der Waals surface area contributed by atoms with E-state index < -0.39 is 0 Å². The number of hydrogen-bond donors (Lipinski definition) is 0. The number of terminal acetylenes is 1. The molecule has 0 fully saturated rings. The highest BCUT2D eigenvalue weighted by Gasteiger charge is 2.13.